The number of aromatic amines is 1. The van der Waals surface area contributed by atoms with Gasteiger partial charge in [0, 0.05) is 22.5 Å². The molecule has 0 fully saturated rings. The summed E-state index contributed by atoms with van der Waals surface area (Å²) in [6.07, 6.45) is 1.99. The molecule has 5 aromatic rings. The van der Waals surface area contributed by atoms with Crippen molar-refractivity contribution in [1.82, 2.24) is 9.55 Å². The van der Waals surface area contributed by atoms with Crippen molar-refractivity contribution in [2.45, 2.75) is 0 Å². The molecule has 0 atom stereocenters. The molecular formula is C20H14N2O. The first-order chi connectivity index (χ1) is 11.3. The second-order valence-corrected chi connectivity index (χ2v) is 5.77. The highest BCUT2D eigenvalue weighted by Crippen LogP contribution is 2.36. The van der Waals surface area contributed by atoms with Crippen LogP contribution in [0.25, 0.3) is 38.4 Å². The Morgan fingerprint density at radius 1 is 0.783 bits per heavy atom. The van der Waals surface area contributed by atoms with Crippen LogP contribution >= 0.6 is 0 Å². The number of hydrogen-bond donors (Lipinski definition) is 2. The van der Waals surface area contributed by atoms with Crippen molar-refractivity contribution < 1.29 is 5.11 Å². The summed E-state index contributed by atoms with van der Waals surface area (Å²) in [6.45, 7) is 0. The van der Waals surface area contributed by atoms with Crippen molar-refractivity contribution in [1.29, 1.82) is 0 Å². The second-order valence-electron chi connectivity index (χ2n) is 5.77. The molecule has 0 saturated heterocycles. The van der Waals surface area contributed by atoms with Gasteiger partial charge in [-0.15, -0.1) is 0 Å². The summed E-state index contributed by atoms with van der Waals surface area (Å²) in [5.74, 6) is 0.278. The van der Waals surface area contributed by atoms with E-state index in [-0.39, 0.29) is 5.75 Å². The minimum absolute atomic E-state index is 0.278. The number of nitrogens with zero attached hydrogens (tertiary/aromatic N) is 1. The van der Waals surface area contributed by atoms with E-state index < -0.39 is 0 Å². The minimum atomic E-state index is 0.278. The maximum atomic E-state index is 10.8. The van der Waals surface area contributed by atoms with Gasteiger partial charge in [0.15, 0.2) is 5.75 Å². The quantitative estimate of drug-likeness (QED) is 0.450. The number of nitrogens with one attached hydrogen (secondary N) is 1. The monoisotopic (exact) mass is 298 g/mol. The third kappa shape index (κ3) is 1.64. The van der Waals surface area contributed by atoms with Gasteiger partial charge in [-0.3, -0.25) is 0 Å². The number of benzene rings is 3. The summed E-state index contributed by atoms with van der Waals surface area (Å²) in [4.78, 5) is 3.33. The molecule has 110 valence electrons. The number of aromatic hydroxyl groups is 1. The fourth-order valence-corrected chi connectivity index (χ4v) is 3.38. The first-order valence-corrected chi connectivity index (χ1v) is 7.62. The summed E-state index contributed by atoms with van der Waals surface area (Å²) in [5.41, 5.74) is 3.68. The van der Waals surface area contributed by atoms with Crippen LogP contribution in [0.4, 0.5) is 0 Å². The standard InChI is InChI=1S/C20H14N2O/c23-20-18(22-12-11-13-5-1-4-8-17(13)22)10-9-15-14-6-2-3-7-16(14)21-19(15)20/h1-12,21,23H. The molecule has 0 radical (unpaired) electrons. The van der Waals surface area contributed by atoms with Crippen LogP contribution in [0.1, 0.15) is 0 Å². The number of phenols is 1. The third-order valence-corrected chi connectivity index (χ3v) is 4.49. The highest BCUT2D eigenvalue weighted by Gasteiger charge is 2.13. The zero-order valence-electron chi connectivity index (χ0n) is 12.3. The largest absolute Gasteiger partial charge is 0.504 e. The van der Waals surface area contributed by atoms with E-state index in [0.29, 0.717) is 0 Å². The van der Waals surface area contributed by atoms with Crippen molar-refractivity contribution in [2.24, 2.45) is 0 Å². The molecule has 0 bridgehead atoms. The summed E-state index contributed by atoms with van der Waals surface area (Å²) in [7, 11) is 0. The van der Waals surface area contributed by atoms with E-state index in [1.807, 2.05) is 47.2 Å². The smallest absolute Gasteiger partial charge is 0.163 e. The number of para-hydroxylation sites is 2. The van der Waals surface area contributed by atoms with Crippen LogP contribution in [0.5, 0.6) is 5.75 Å². The fourth-order valence-electron chi connectivity index (χ4n) is 3.38. The number of phenolic OH excluding ortho intramolecular Hbond substituents is 1. The van der Waals surface area contributed by atoms with E-state index >= 15 is 0 Å². The Balaban J connectivity index is 1.86. The van der Waals surface area contributed by atoms with Crippen LogP contribution < -0.4 is 0 Å². The van der Waals surface area contributed by atoms with Gasteiger partial charge in [0.25, 0.3) is 0 Å². The van der Waals surface area contributed by atoms with Crippen LogP contribution in [-0.4, -0.2) is 14.7 Å². The van der Waals surface area contributed by atoms with Crippen LogP contribution in [-0.2, 0) is 0 Å². The average Bonchev–Trinajstić information content (AvgIpc) is 3.17. The van der Waals surface area contributed by atoms with Gasteiger partial charge in [0.1, 0.15) is 0 Å². The van der Waals surface area contributed by atoms with Crippen molar-refractivity contribution in [2.75, 3.05) is 0 Å². The minimum Gasteiger partial charge on any atom is -0.504 e. The molecule has 2 heterocycles. The number of hydrogen-bond acceptors (Lipinski definition) is 1. The van der Waals surface area contributed by atoms with E-state index in [9.17, 15) is 5.11 Å². The van der Waals surface area contributed by atoms with Gasteiger partial charge >= 0.3 is 0 Å². The Kier molecular flexibility index (Phi) is 2.36. The molecule has 3 nitrogen and oxygen atoms in total. The van der Waals surface area contributed by atoms with E-state index in [4.69, 9.17) is 0 Å². The SMILES string of the molecule is Oc1c(-n2ccc3ccccc32)ccc2c1[nH]c1ccccc12. The molecule has 0 amide bonds. The summed E-state index contributed by atoms with van der Waals surface area (Å²) in [5, 5.41) is 14.2. The van der Waals surface area contributed by atoms with E-state index in [1.165, 1.54) is 0 Å². The van der Waals surface area contributed by atoms with Gasteiger partial charge in [-0.25, -0.2) is 0 Å². The van der Waals surface area contributed by atoms with Crippen molar-refractivity contribution in [3.63, 3.8) is 0 Å². The van der Waals surface area contributed by atoms with Gasteiger partial charge < -0.3 is 14.7 Å². The maximum Gasteiger partial charge on any atom is 0.163 e. The van der Waals surface area contributed by atoms with Crippen molar-refractivity contribution in [3.8, 4) is 11.4 Å². The third-order valence-electron chi connectivity index (χ3n) is 4.49. The Bertz CT molecular complexity index is 1180. The van der Waals surface area contributed by atoms with Crippen LogP contribution in [0, 0.1) is 0 Å². The molecule has 3 heteroatoms. The van der Waals surface area contributed by atoms with Crippen LogP contribution in [0.15, 0.2) is 72.9 Å². The lowest BCUT2D eigenvalue weighted by Gasteiger charge is -2.09. The molecule has 3 aromatic carbocycles. The van der Waals surface area contributed by atoms with Gasteiger partial charge in [0.05, 0.1) is 16.7 Å². The Morgan fingerprint density at radius 2 is 1.61 bits per heavy atom. The molecule has 2 aromatic heterocycles. The predicted octanol–water partition coefficient (Wildman–Crippen LogP) is 4.97. The molecule has 23 heavy (non-hydrogen) atoms. The molecule has 0 aliphatic carbocycles. The Morgan fingerprint density at radius 3 is 2.57 bits per heavy atom. The first-order valence-electron chi connectivity index (χ1n) is 7.62. The second kappa shape index (κ2) is 4.40. The molecular weight excluding hydrogens is 284 g/mol. The number of fused-ring (bicyclic) bond motifs is 4. The average molecular weight is 298 g/mol. The van der Waals surface area contributed by atoms with Gasteiger partial charge in [-0.2, -0.15) is 0 Å². The van der Waals surface area contributed by atoms with Gasteiger partial charge in [0.2, 0.25) is 0 Å². The molecule has 0 unspecified atom stereocenters. The molecule has 2 N–H and O–H groups in total. The van der Waals surface area contributed by atoms with Crippen LogP contribution in [0.2, 0.25) is 0 Å². The summed E-state index contributed by atoms with van der Waals surface area (Å²) < 4.78 is 2.02. The number of rotatable bonds is 1. The topological polar surface area (TPSA) is 41.0 Å². The predicted molar refractivity (Wildman–Crippen MR) is 94.3 cm³/mol. The highest BCUT2D eigenvalue weighted by molar-refractivity contribution is 6.10. The normalized spacial score (nSPS) is 11.7. The maximum absolute atomic E-state index is 10.8. The van der Waals surface area contributed by atoms with Crippen molar-refractivity contribution >= 4 is 32.7 Å². The fraction of sp³-hybridized carbons (Fsp3) is 0. The molecule has 0 aliphatic heterocycles. The zero-order chi connectivity index (χ0) is 15.4. The Labute approximate surface area is 132 Å². The van der Waals surface area contributed by atoms with E-state index in [0.717, 1.165) is 38.4 Å². The molecule has 0 saturated carbocycles. The van der Waals surface area contributed by atoms with Crippen LogP contribution in [0.3, 0.4) is 0 Å². The van der Waals surface area contributed by atoms with Gasteiger partial charge in [-0.1, -0.05) is 36.4 Å². The first kappa shape index (κ1) is 12.4. The number of aromatic nitrogens is 2. The van der Waals surface area contributed by atoms with Crippen molar-refractivity contribution in [3.05, 3.63) is 72.9 Å². The molecule has 0 aliphatic rings. The van der Waals surface area contributed by atoms with Gasteiger partial charge in [-0.05, 0) is 35.7 Å². The Hall–Kier alpha value is -3.20. The zero-order valence-corrected chi connectivity index (χ0v) is 12.3. The van der Waals surface area contributed by atoms with E-state index in [2.05, 4.69) is 35.3 Å². The van der Waals surface area contributed by atoms with E-state index in [1.54, 1.807) is 0 Å². The lowest BCUT2D eigenvalue weighted by Crippen LogP contribution is -1.92. The molecule has 0 spiro atoms. The number of H-pyrrole nitrogens is 1. The lowest BCUT2D eigenvalue weighted by atomic mass is 10.1. The summed E-state index contributed by atoms with van der Waals surface area (Å²) in [6, 6.07) is 22.4. The highest BCUT2D eigenvalue weighted by atomic mass is 16.3. The lowest BCUT2D eigenvalue weighted by molar-refractivity contribution is 0.478. The summed E-state index contributed by atoms with van der Waals surface area (Å²) >= 11 is 0. The molecule has 5 rings (SSSR count).